The van der Waals surface area contributed by atoms with E-state index in [1.165, 1.54) is 36.4 Å². The van der Waals surface area contributed by atoms with Crippen LogP contribution in [0.2, 0.25) is 0 Å². The van der Waals surface area contributed by atoms with Gasteiger partial charge in [-0.1, -0.05) is 165 Å². The number of benzene rings is 11. The van der Waals surface area contributed by atoms with Crippen LogP contribution in [-0.4, -0.2) is 0 Å². The second-order valence-corrected chi connectivity index (χ2v) is 19.7. The summed E-state index contributed by atoms with van der Waals surface area (Å²) < 4.78 is 81.0. The fourth-order valence-corrected chi connectivity index (χ4v) is 12.2. The van der Waals surface area contributed by atoms with Crippen molar-refractivity contribution < 1.29 is 27.0 Å². The molecule has 0 fully saturated rings. The van der Waals surface area contributed by atoms with Gasteiger partial charge in [0.15, 0.2) is 0 Å². The van der Waals surface area contributed by atoms with E-state index >= 15 is 17.6 Å². The first-order chi connectivity index (χ1) is 38.7. The van der Waals surface area contributed by atoms with E-state index in [2.05, 4.69) is 18.1 Å². The van der Waals surface area contributed by atoms with Gasteiger partial charge in [0.05, 0.1) is 10.8 Å². The second-order valence-electron chi connectivity index (χ2n) is 19.7. The summed E-state index contributed by atoms with van der Waals surface area (Å²) in [4.78, 5) is 2.08. The minimum absolute atomic E-state index is 0.118. The van der Waals surface area contributed by atoms with Crippen molar-refractivity contribution in [3.8, 4) is 45.3 Å². The lowest BCUT2D eigenvalue weighted by molar-refractivity contribution is 0.481. The highest BCUT2D eigenvalue weighted by Gasteiger charge is 2.51. The molecule has 2 aliphatic carbocycles. The molecule has 7 heteroatoms. The predicted molar refractivity (Wildman–Crippen MR) is 309 cm³/mol. The van der Waals surface area contributed by atoms with Gasteiger partial charge in [0.2, 0.25) is 0 Å². The largest absolute Gasteiger partial charge is 0.457 e. The van der Waals surface area contributed by atoms with Gasteiger partial charge in [-0.05, 0) is 176 Å². The normalized spacial score (nSPS) is 15.5. The lowest BCUT2D eigenvalue weighted by Crippen LogP contribution is -2.31. The van der Waals surface area contributed by atoms with Crippen LogP contribution in [0.5, 0.6) is 23.0 Å². The molecule has 0 amide bonds. The van der Waals surface area contributed by atoms with E-state index in [9.17, 15) is 0 Å². The van der Waals surface area contributed by atoms with E-state index in [0.29, 0.717) is 67.8 Å². The number of ether oxygens (including phenoxy) is 2. The van der Waals surface area contributed by atoms with Gasteiger partial charge < -0.3 is 14.4 Å². The zero-order chi connectivity index (χ0) is 53.8. The molecule has 0 N–H and O–H groups in total. The van der Waals surface area contributed by atoms with Gasteiger partial charge in [0, 0.05) is 28.2 Å². The minimum atomic E-state index is -1.51. The number of nitrogens with zero attached hydrogens (tertiary/aromatic N) is 1. The number of halogens is 4. The van der Waals surface area contributed by atoms with Gasteiger partial charge in [-0.25, -0.2) is 17.6 Å². The van der Waals surface area contributed by atoms with E-state index in [1.54, 1.807) is 12.2 Å². The molecule has 2 unspecified atom stereocenters. The molecule has 0 aromatic heterocycles. The van der Waals surface area contributed by atoms with E-state index in [-0.39, 0.29) is 11.1 Å². The molecule has 79 heavy (non-hydrogen) atoms. The second kappa shape index (κ2) is 19.5. The van der Waals surface area contributed by atoms with Crippen molar-refractivity contribution in [3.05, 3.63) is 341 Å². The smallest absolute Gasteiger partial charge is 0.130 e. The molecule has 0 heterocycles. The molecule has 0 spiro atoms. The van der Waals surface area contributed by atoms with Crippen LogP contribution < -0.4 is 14.4 Å². The molecular formula is C72H47F4NO2. The van der Waals surface area contributed by atoms with Crippen LogP contribution in [0.15, 0.2) is 262 Å². The first-order valence-corrected chi connectivity index (χ1v) is 26.0. The Bertz CT molecular complexity index is 3870. The van der Waals surface area contributed by atoms with Crippen LogP contribution in [0.4, 0.5) is 34.6 Å². The Morgan fingerprint density at radius 3 is 1.04 bits per heavy atom. The minimum Gasteiger partial charge on any atom is -0.457 e. The molecule has 11 aromatic rings. The zero-order valence-corrected chi connectivity index (χ0v) is 42.5. The van der Waals surface area contributed by atoms with Gasteiger partial charge in [-0.2, -0.15) is 0 Å². The van der Waals surface area contributed by atoms with Gasteiger partial charge in [-0.3, -0.25) is 0 Å². The number of fused-ring (bicyclic) bond motifs is 6. The Labute approximate surface area is 455 Å². The standard InChI is InChI=1S/C72H47F4NO2/c1-3-46-24-34-53(35-25-46)78-55-38-28-48(29-39-55)71(69-65(73)20-12-21-66(69)74)61-18-10-8-16-57(61)59-42-32-51(44-63(59)71)77(50-14-6-5-7-15-50)52-33-43-60-58-17-9-11-19-62(58)72(64(60)45-52,70-67(75)22-13-23-68(70)76)49-30-40-56(41-31-49)79-54-36-26-47(4-2)27-37-54/h3-45H,1-2H2. The van der Waals surface area contributed by atoms with Crippen LogP contribution in [-0.2, 0) is 10.8 Å². The summed E-state index contributed by atoms with van der Waals surface area (Å²) >= 11 is 0. The van der Waals surface area contributed by atoms with E-state index in [4.69, 9.17) is 9.47 Å². The maximum Gasteiger partial charge on any atom is 0.130 e. The van der Waals surface area contributed by atoms with Crippen molar-refractivity contribution in [2.45, 2.75) is 10.8 Å². The quantitative estimate of drug-likeness (QED) is 0.107. The summed E-state index contributed by atoms with van der Waals surface area (Å²) in [5.41, 5.74) is 7.98. The van der Waals surface area contributed by atoms with Crippen molar-refractivity contribution in [3.63, 3.8) is 0 Å². The summed E-state index contributed by atoms with van der Waals surface area (Å²) in [5.74, 6) is -0.482. The third-order valence-electron chi connectivity index (χ3n) is 15.5. The number of hydrogen-bond donors (Lipinski definition) is 0. The molecule has 2 atom stereocenters. The zero-order valence-electron chi connectivity index (χ0n) is 42.5. The maximum absolute atomic E-state index is 17.1. The Kier molecular flexibility index (Phi) is 12.0. The van der Waals surface area contributed by atoms with Crippen molar-refractivity contribution in [1.82, 2.24) is 0 Å². The van der Waals surface area contributed by atoms with Crippen LogP contribution in [0.1, 0.15) is 55.6 Å². The summed E-state index contributed by atoms with van der Waals surface area (Å²) in [6.07, 6.45) is 3.52. The van der Waals surface area contributed by atoms with Crippen molar-refractivity contribution >= 4 is 29.2 Å². The highest BCUT2D eigenvalue weighted by atomic mass is 19.1. The third kappa shape index (κ3) is 7.88. The summed E-state index contributed by atoms with van der Waals surface area (Å²) in [6, 6.07) is 75.4. The number of anilines is 3. The fourth-order valence-electron chi connectivity index (χ4n) is 12.2. The lowest BCUT2D eigenvalue weighted by atomic mass is 9.67. The Hall–Kier alpha value is -9.98. The third-order valence-corrected chi connectivity index (χ3v) is 15.5. The van der Waals surface area contributed by atoms with Crippen molar-refractivity contribution in [2.24, 2.45) is 0 Å². The maximum atomic E-state index is 17.1. The van der Waals surface area contributed by atoms with Gasteiger partial charge in [0.25, 0.3) is 0 Å². The van der Waals surface area contributed by atoms with Gasteiger partial charge in [-0.15, -0.1) is 0 Å². The molecule has 13 rings (SSSR count). The van der Waals surface area contributed by atoms with Crippen LogP contribution in [0.25, 0.3) is 34.4 Å². The molecule has 380 valence electrons. The van der Waals surface area contributed by atoms with Crippen LogP contribution in [0, 0.1) is 23.3 Å². The fraction of sp³-hybridized carbons (Fsp3) is 0.0278. The molecule has 0 radical (unpaired) electrons. The van der Waals surface area contributed by atoms with Gasteiger partial charge in [0.1, 0.15) is 46.3 Å². The molecule has 0 saturated heterocycles. The molecule has 0 bridgehead atoms. The summed E-state index contributed by atoms with van der Waals surface area (Å²) in [5, 5.41) is 0. The average molecular weight is 1030 g/mol. The molecule has 2 aliphatic rings. The van der Waals surface area contributed by atoms with Crippen LogP contribution in [0.3, 0.4) is 0 Å². The molecular weight excluding hydrogens is 987 g/mol. The summed E-state index contributed by atoms with van der Waals surface area (Å²) in [7, 11) is 0. The molecule has 0 aliphatic heterocycles. The monoisotopic (exact) mass is 1030 g/mol. The Balaban J connectivity index is 1.02. The number of rotatable bonds is 13. The summed E-state index contributed by atoms with van der Waals surface area (Å²) in [6.45, 7) is 7.71. The Morgan fingerprint density at radius 2 is 0.658 bits per heavy atom. The number of hydrogen-bond acceptors (Lipinski definition) is 3. The topological polar surface area (TPSA) is 21.7 Å². The SMILES string of the molecule is C=Cc1ccc(Oc2ccc(C3(c4c(F)cccc4F)c4ccccc4-c4ccc(N(c5ccccc5)c5ccc6c(c5)C(c5ccc(Oc7ccc(C=C)cc7)cc5)(c5c(F)cccc5F)c5ccccc5-6)cc43)cc2)cc1. The highest BCUT2D eigenvalue weighted by molar-refractivity contribution is 5.92. The van der Waals surface area contributed by atoms with E-state index in [1.807, 2.05) is 212 Å². The van der Waals surface area contributed by atoms with Crippen molar-refractivity contribution in [2.75, 3.05) is 4.90 Å². The van der Waals surface area contributed by atoms with Crippen LogP contribution >= 0.6 is 0 Å². The predicted octanol–water partition coefficient (Wildman–Crippen LogP) is 19.3. The van der Waals surface area contributed by atoms with E-state index in [0.717, 1.165) is 39.1 Å². The lowest BCUT2D eigenvalue weighted by Gasteiger charge is -2.36. The van der Waals surface area contributed by atoms with Gasteiger partial charge >= 0.3 is 0 Å². The van der Waals surface area contributed by atoms with E-state index < -0.39 is 34.1 Å². The Morgan fingerprint density at radius 1 is 0.316 bits per heavy atom. The average Bonchev–Trinajstić information content (AvgIpc) is 2.48. The number of para-hydroxylation sites is 1. The molecule has 3 nitrogen and oxygen atoms in total. The first-order valence-electron chi connectivity index (χ1n) is 26.0. The van der Waals surface area contributed by atoms with Crippen molar-refractivity contribution in [1.29, 1.82) is 0 Å². The highest BCUT2D eigenvalue weighted by Crippen LogP contribution is 2.61. The molecule has 11 aromatic carbocycles. The first kappa shape index (κ1) is 48.6. The molecule has 0 saturated carbocycles.